The fourth-order valence-corrected chi connectivity index (χ4v) is 4.58. The van der Waals surface area contributed by atoms with Gasteiger partial charge < -0.3 is 15.4 Å². The number of hydrogen-bond acceptors (Lipinski definition) is 5. The number of thiazole rings is 1. The van der Waals surface area contributed by atoms with Crippen LogP contribution in [0, 0.1) is 19.3 Å². The number of benzene rings is 1. The molecule has 1 saturated heterocycles. The van der Waals surface area contributed by atoms with Crippen LogP contribution < -0.4 is 10.5 Å². The minimum Gasteiger partial charge on any atom is -0.493 e. The average molecular weight is 422 g/mol. The van der Waals surface area contributed by atoms with Crippen molar-refractivity contribution in [1.29, 1.82) is 0 Å². The van der Waals surface area contributed by atoms with Gasteiger partial charge in [0, 0.05) is 29.9 Å². The molecule has 0 atom stereocenters. The van der Waals surface area contributed by atoms with E-state index in [1.54, 1.807) is 24.3 Å². The van der Waals surface area contributed by atoms with E-state index in [2.05, 4.69) is 4.98 Å². The first-order chi connectivity index (χ1) is 13.3. The monoisotopic (exact) mass is 421 g/mol. The van der Waals surface area contributed by atoms with Gasteiger partial charge in [0.25, 0.3) is 5.91 Å². The van der Waals surface area contributed by atoms with Crippen LogP contribution in [0.4, 0.5) is 0 Å². The Bertz CT molecular complexity index is 858. The zero-order chi connectivity index (χ0) is 20.3. The van der Waals surface area contributed by atoms with Crippen molar-refractivity contribution >= 4 is 34.8 Å². The van der Waals surface area contributed by atoms with Crippen LogP contribution in [0.15, 0.2) is 24.3 Å². The van der Waals surface area contributed by atoms with Crippen molar-refractivity contribution in [1.82, 2.24) is 9.88 Å². The van der Waals surface area contributed by atoms with E-state index in [0.717, 1.165) is 10.7 Å². The molecular formula is C20H24ClN3O3S. The molecule has 0 unspecified atom stereocenters. The third-order valence-electron chi connectivity index (χ3n) is 5.12. The average Bonchev–Trinajstić information content (AvgIpc) is 2.99. The maximum Gasteiger partial charge on any atom is 0.265 e. The Hall–Kier alpha value is -2.12. The molecule has 150 valence electrons. The van der Waals surface area contributed by atoms with Crippen LogP contribution in [0.2, 0.25) is 5.02 Å². The predicted molar refractivity (Wildman–Crippen MR) is 110 cm³/mol. The largest absolute Gasteiger partial charge is 0.493 e. The number of nitrogens with zero attached hydrogens (tertiary/aromatic N) is 2. The Morgan fingerprint density at radius 3 is 2.43 bits per heavy atom. The summed E-state index contributed by atoms with van der Waals surface area (Å²) < 4.78 is 5.93. The van der Waals surface area contributed by atoms with Crippen molar-refractivity contribution in [3.8, 4) is 5.75 Å². The fraction of sp³-hybridized carbons (Fsp3) is 0.450. The number of carbonyl (C=O) groups is 2. The number of primary amides is 1. The van der Waals surface area contributed by atoms with Crippen LogP contribution in [0.5, 0.6) is 5.75 Å². The number of piperidine rings is 1. The van der Waals surface area contributed by atoms with E-state index in [-0.39, 0.29) is 23.7 Å². The van der Waals surface area contributed by atoms with Gasteiger partial charge >= 0.3 is 0 Å². The first kappa shape index (κ1) is 20.6. The number of carbonyl (C=O) groups excluding carboxylic acids is 2. The fourth-order valence-electron chi connectivity index (χ4n) is 3.57. The van der Waals surface area contributed by atoms with Crippen molar-refractivity contribution in [2.75, 3.05) is 19.7 Å². The van der Waals surface area contributed by atoms with Gasteiger partial charge in [-0.1, -0.05) is 11.6 Å². The summed E-state index contributed by atoms with van der Waals surface area (Å²) in [6, 6.07) is 7.12. The molecule has 2 N–H and O–H groups in total. The summed E-state index contributed by atoms with van der Waals surface area (Å²) in [5.74, 6) is 0.352. The summed E-state index contributed by atoms with van der Waals surface area (Å²) in [4.78, 5) is 31.4. The van der Waals surface area contributed by atoms with E-state index in [0.29, 0.717) is 48.2 Å². The Labute approximate surface area is 173 Å². The van der Waals surface area contributed by atoms with Gasteiger partial charge in [-0.3, -0.25) is 9.59 Å². The van der Waals surface area contributed by atoms with Gasteiger partial charge in [0.05, 0.1) is 17.3 Å². The second-order valence-corrected chi connectivity index (χ2v) is 8.96. The maximum absolute atomic E-state index is 12.8. The quantitative estimate of drug-likeness (QED) is 0.772. The maximum atomic E-state index is 12.8. The molecule has 6 nitrogen and oxygen atoms in total. The van der Waals surface area contributed by atoms with Gasteiger partial charge in [-0.15, -0.1) is 11.3 Å². The molecule has 28 heavy (non-hydrogen) atoms. The van der Waals surface area contributed by atoms with E-state index < -0.39 is 0 Å². The van der Waals surface area contributed by atoms with Gasteiger partial charge in [-0.2, -0.15) is 0 Å². The highest BCUT2D eigenvalue weighted by Gasteiger charge is 2.38. The van der Waals surface area contributed by atoms with Crippen molar-refractivity contribution in [3.63, 3.8) is 0 Å². The van der Waals surface area contributed by atoms with Crippen LogP contribution in [0.25, 0.3) is 0 Å². The second-order valence-electron chi connectivity index (χ2n) is 7.33. The molecule has 0 radical (unpaired) electrons. The highest BCUT2D eigenvalue weighted by Crippen LogP contribution is 2.36. The lowest BCUT2D eigenvalue weighted by molar-refractivity contribution is -0.121. The number of halogens is 1. The number of likely N-dealkylation sites (tertiary alicyclic amines) is 1. The first-order valence-electron chi connectivity index (χ1n) is 9.18. The number of rotatable bonds is 6. The highest BCUT2D eigenvalue weighted by molar-refractivity contribution is 7.13. The summed E-state index contributed by atoms with van der Waals surface area (Å²) in [5, 5.41) is 1.52. The Morgan fingerprint density at radius 2 is 1.89 bits per heavy atom. The number of aryl methyl sites for hydroxylation is 2. The number of amides is 2. The third-order valence-corrected chi connectivity index (χ3v) is 6.43. The molecule has 2 heterocycles. The molecule has 2 amide bonds. The summed E-state index contributed by atoms with van der Waals surface area (Å²) in [5.41, 5.74) is 5.90. The zero-order valence-corrected chi connectivity index (χ0v) is 17.6. The summed E-state index contributed by atoms with van der Waals surface area (Å²) in [6.07, 6.45) is 1.56. The summed E-state index contributed by atoms with van der Waals surface area (Å²) >= 11 is 7.33. The van der Waals surface area contributed by atoms with Crippen LogP contribution >= 0.6 is 22.9 Å². The lowest BCUT2D eigenvalue weighted by Crippen LogP contribution is -2.47. The minimum atomic E-state index is -0.374. The lowest BCUT2D eigenvalue weighted by Gasteiger charge is -2.41. The van der Waals surface area contributed by atoms with Gasteiger partial charge in [0.15, 0.2) is 0 Å². The molecule has 2 aromatic rings. The SMILES string of the molecule is Cc1nc(C)c(C(=O)N2CCC(COc3ccc(Cl)cc3)(CC(N)=O)CC2)s1. The topological polar surface area (TPSA) is 85.5 Å². The molecule has 1 aliphatic rings. The minimum absolute atomic E-state index is 0.00870. The molecule has 0 spiro atoms. The van der Waals surface area contributed by atoms with Crippen molar-refractivity contribution in [2.45, 2.75) is 33.1 Å². The van der Waals surface area contributed by atoms with Crippen molar-refractivity contribution in [2.24, 2.45) is 11.1 Å². The summed E-state index contributed by atoms with van der Waals surface area (Å²) in [6.45, 7) is 5.26. The molecule has 1 aromatic carbocycles. The van der Waals surface area contributed by atoms with Gasteiger partial charge in [0.2, 0.25) is 5.91 Å². The smallest absolute Gasteiger partial charge is 0.265 e. The van der Waals surface area contributed by atoms with E-state index in [9.17, 15) is 9.59 Å². The van der Waals surface area contributed by atoms with E-state index >= 15 is 0 Å². The van der Waals surface area contributed by atoms with Crippen LogP contribution in [0.1, 0.15) is 39.6 Å². The highest BCUT2D eigenvalue weighted by atomic mass is 35.5. The van der Waals surface area contributed by atoms with E-state index in [1.807, 2.05) is 18.7 Å². The zero-order valence-electron chi connectivity index (χ0n) is 16.0. The number of ether oxygens (including phenoxy) is 1. The normalized spacial score (nSPS) is 16.0. The van der Waals surface area contributed by atoms with Crippen LogP contribution in [0.3, 0.4) is 0 Å². The van der Waals surface area contributed by atoms with Crippen molar-refractivity contribution < 1.29 is 14.3 Å². The van der Waals surface area contributed by atoms with Crippen molar-refractivity contribution in [3.05, 3.63) is 44.9 Å². The Morgan fingerprint density at radius 1 is 1.25 bits per heavy atom. The Kier molecular flexibility index (Phi) is 6.25. The van der Waals surface area contributed by atoms with Gasteiger partial charge in [0.1, 0.15) is 10.6 Å². The number of nitrogens with two attached hydrogens (primary N) is 1. The molecule has 3 rings (SSSR count). The first-order valence-corrected chi connectivity index (χ1v) is 10.4. The van der Waals surface area contributed by atoms with Crippen LogP contribution in [-0.4, -0.2) is 41.4 Å². The molecule has 0 aliphatic carbocycles. The molecule has 1 fully saturated rings. The summed E-state index contributed by atoms with van der Waals surface area (Å²) in [7, 11) is 0. The molecule has 0 saturated carbocycles. The van der Waals surface area contributed by atoms with Gasteiger partial charge in [-0.25, -0.2) is 4.98 Å². The predicted octanol–water partition coefficient (Wildman–Crippen LogP) is 3.59. The number of aromatic nitrogens is 1. The number of hydrogen-bond donors (Lipinski definition) is 1. The van der Waals surface area contributed by atoms with E-state index in [4.69, 9.17) is 22.1 Å². The lowest BCUT2D eigenvalue weighted by atomic mass is 9.76. The molecular weight excluding hydrogens is 398 g/mol. The van der Waals surface area contributed by atoms with Gasteiger partial charge in [-0.05, 0) is 51.0 Å². The molecule has 1 aromatic heterocycles. The Balaban J connectivity index is 1.67. The van der Waals surface area contributed by atoms with Crippen LogP contribution in [-0.2, 0) is 4.79 Å². The molecule has 8 heteroatoms. The standard InChI is InChI=1S/C20H24ClN3O3S/c1-13-18(28-14(2)23-13)19(26)24-9-7-20(8-10-24,11-17(22)25)12-27-16-5-3-15(21)4-6-16/h3-6H,7-12H2,1-2H3,(H2,22,25). The van der Waals surface area contributed by atoms with E-state index in [1.165, 1.54) is 11.3 Å². The molecule has 1 aliphatic heterocycles. The third kappa shape index (κ3) is 4.83. The second kappa shape index (κ2) is 8.49. The molecule has 0 bridgehead atoms.